The van der Waals surface area contributed by atoms with Gasteiger partial charge in [0.05, 0.1) is 30.6 Å². The van der Waals surface area contributed by atoms with Gasteiger partial charge in [-0.25, -0.2) is 18.4 Å². The zero-order valence-electron chi connectivity index (χ0n) is 21.2. The van der Waals surface area contributed by atoms with Crippen LogP contribution in [0.1, 0.15) is 26.5 Å². The second kappa shape index (κ2) is 11.0. The largest absolute Gasteiger partial charge is 0.477 e. The molecule has 1 fully saturated rings. The van der Waals surface area contributed by atoms with Crippen molar-refractivity contribution in [2.45, 2.75) is 38.6 Å². The number of hydrogen-bond acceptors (Lipinski definition) is 9. The molecule has 0 amide bonds. The number of aromatic nitrogens is 5. The lowest BCUT2D eigenvalue weighted by Gasteiger charge is -2.33. The van der Waals surface area contributed by atoms with Crippen molar-refractivity contribution < 1.29 is 13.2 Å². The predicted octanol–water partition coefficient (Wildman–Crippen LogP) is 0.688. The van der Waals surface area contributed by atoms with Crippen molar-refractivity contribution in [3.8, 4) is 17.3 Å². The number of aromatic amines is 1. The third-order valence-corrected chi connectivity index (χ3v) is 8.25. The number of likely N-dealkylation sites (N-methyl/N-ethyl adjacent to an activating group) is 2. The van der Waals surface area contributed by atoms with Gasteiger partial charge >= 0.3 is 0 Å². The molecular weight excluding hydrogens is 484 g/mol. The molecule has 196 valence electrons. The molecule has 0 atom stereocenters. The van der Waals surface area contributed by atoms with Gasteiger partial charge < -0.3 is 19.9 Å². The van der Waals surface area contributed by atoms with Crippen molar-refractivity contribution >= 4 is 21.1 Å². The second-order valence-electron chi connectivity index (χ2n) is 8.53. The lowest BCUT2D eigenvalue weighted by Crippen LogP contribution is -2.48. The number of hydrogen-bond donors (Lipinski definition) is 2. The summed E-state index contributed by atoms with van der Waals surface area (Å²) < 4.78 is 35.8. The molecule has 3 aromatic rings. The van der Waals surface area contributed by atoms with E-state index in [1.54, 1.807) is 4.68 Å². The first-order chi connectivity index (χ1) is 17.3. The van der Waals surface area contributed by atoms with Crippen molar-refractivity contribution in [1.29, 1.82) is 0 Å². The lowest BCUT2D eigenvalue weighted by atomic mass is 10.2. The molecule has 0 bridgehead atoms. The van der Waals surface area contributed by atoms with Gasteiger partial charge in [0, 0.05) is 32.7 Å². The van der Waals surface area contributed by atoms with Gasteiger partial charge in [-0.05, 0) is 33.0 Å². The van der Waals surface area contributed by atoms with Crippen LogP contribution in [0.15, 0.2) is 22.0 Å². The van der Waals surface area contributed by atoms with Gasteiger partial charge in [-0.2, -0.15) is 9.40 Å². The van der Waals surface area contributed by atoms with Gasteiger partial charge in [-0.1, -0.05) is 13.8 Å². The number of pyridine rings is 1. The molecule has 4 rings (SSSR count). The molecule has 36 heavy (non-hydrogen) atoms. The van der Waals surface area contributed by atoms with Gasteiger partial charge in [0.2, 0.25) is 15.9 Å². The molecule has 0 saturated carbocycles. The highest BCUT2D eigenvalue weighted by Crippen LogP contribution is 2.30. The van der Waals surface area contributed by atoms with E-state index in [0.717, 1.165) is 12.2 Å². The molecule has 1 aliphatic rings. The Balaban J connectivity index is 1.80. The van der Waals surface area contributed by atoms with Crippen molar-refractivity contribution in [2.75, 3.05) is 52.9 Å². The molecule has 2 N–H and O–H groups in total. The predicted molar refractivity (Wildman–Crippen MR) is 137 cm³/mol. The normalized spacial score (nSPS) is 15.6. The molecule has 1 saturated heterocycles. The van der Waals surface area contributed by atoms with Crippen LogP contribution in [-0.2, 0) is 23.0 Å². The van der Waals surface area contributed by atoms with Crippen molar-refractivity contribution in [1.82, 2.24) is 39.3 Å². The fraction of sp³-hybridized carbons (Fsp3) is 0.565. The first-order valence-electron chi connectivity index (χ1n) is 12.3. The maximum atomic E-state index is 13.4. The number of H-pyrrole nitrogens is 1. The summed E-state index contributed by atoms with van der Waals surface area (Å²) in [7, 11) is -1.93. The average Bonchev–Trinajstić information content (AvgIpc) is 3.25. The first kappa shape index (κ1) is 26.2. The van der Waals surface area contributed by atoms with Gasteiger partial charge in [0.1, 0.15) is 16.2 Å². The molecule has 0 unspecified atom stereocenters. The van der Waals surface area contributed by atoms with Crippen LogP contribution in [0.2, 0.25) is 0 Å². The molecule has 13 heteroatoms. The summed E-state index contributed by atoms with van der Waals surface area (Å²) in [5, 5.41) is 7.54. The van der Waals surface area contributed by atoms with Crippen molar-refractivity contribution in [3.63, 3.8) is 0 Å². The van der Waals surface area contributed by atoms with E-state index in [9.17, 15) is 13.2 Å². The molecule has 0 radical (unpaired) electrons. The monoisotopic (exact) mass is 518 g/mol. The van der Waals surface area contributed by atoms with Crippen LogP contribution in [-0.4, -0.2) is 95.3 Å². The first-order valence-corrected chi connectivity index (χ1v) is 13.8. The van der Waals surface area contributed by atoms with Crippen LogP contribution in [0.3, 0.4) is 0 Å². The fourth-order valence-electron chi connectivity index (χ4n) is 4.38. The zero-order chi connectivity index (χ0) is 25.9. The van der Waals surface area contributed by atoms with Crippen LogP contribution < -0.4 is 15.6 Å². The van der Waals surface area contributed by atoms with E-state index < -0.39 is 15.6 Å². The molecule has 0 spiro atoms. The molecule has 12 nitrogen and oxygen atoms in total. The van der Waals surface area contributed by atoms with Gasteiger partial charge in [-0.3, -0.25) is 9.48 Å². The third kappa shape index (κ3) is 5.01. The Morgan fingerprint density at radius 3 is 2.53 bits per heavy atom. The topological polar surface area (TPSA) is 138 Å². The number of nitrogens with one attached hydrogen (secondary N) is 2. The minimum Gasteiger partial charge on any atom is -0.477 e. The highest BCUT2D eigenvalue weighted by Gasteiger charge is 2.30. The number of sulfonamides is 1. The Hall–Kier alpha value is -2.87. The Labute approximate surface area is 210 Å². The minimum absolute atomic E-state index is 0.0362. The summed E-state index contributed by atoms with van der Waals surface area (Å²) in [4.78, 5) is 27.0. The summed E-state index contributed by atoms with van der Waals surface area (Å²) in [6, 6.07) is 1.49. The molecule has 4 heterocycles. The molecule has 0 aliphatic carbocycles. The standard InChI is InChI=1S/C23H34N8O4S/c1-5-18-19-20(28-31(18)9-8-24-4)22(32)27-21(26-19)17-14-16(15-25-23(17)35-7-3)36(33,34)30-12-10-29(6-2)11-13-30/h14-15,24H,5-13H2,1-4H3,(H,26,27,32). The number of piperazine rings is 1. The van der Waals surface area contributed by atoms with Crippen LogP contribution in [0.25, 0.3) is 22.4 Å². The Morgan fingerprint density at radius 1 is 1.14 bits per heavy atom. The fourth-order valence-corrected chi connectivity index (χ4v) is 5.77. The summed E-state index contributed by atoms with van der Waals surface area (Å²) >= 11 is 0. The number of fused-ring (bicyclic) bond motifs is 1. The molecule has 3 aromatic heterocycles. The Bertz CT molecular complexity index is 1380. The van der Waals surface area contributed by atoms with Crippen LogP contribution in [0.4, 0.5) is 0 Å². The van der Waals surface area contributed by atoms with E-state index in [4.69, 9.17) is 9.72 Å². The average molecular weight is 519 g/mol. The maximum Gasteiger partial charge on any atom is 0.279 e. The highest BCUT2D eigenvalue weighted by atomic mass is 32.2. The maximum absolute atomic E-state index is 13.4. The van der Waals surface area contributed by atoms with Crippen molar-refractivity contribution in [3.05, 3.63) is 28.3 Å². The Morgan fingerprint density at radius 2 is 1.89 bits per heavy atom. The lowest BCUT2D eigenvalue weighted by molar-refractivity contribution is 0.196. The molecule has 1 aliphatic heterocycles. The molecular formula is C23H34N8O4S. The Kier molecular flexibility index (Phi) is 8.03. The number of rotatable bonds is 10. The van der Waals surface area contributed by atoms with Gasteiger partial charge in [0.25, 0.3) is 5.56 Å². The number of nitrogens with zero attached hydrogens (tertiary/aromatic N) is 6. The van der Waals surface area contributed by atoms with E-state index in [1.807, 2.05) is 20.9 Å². The quantitative estimate of drug-likeness (QED) is 0.397. The van der Waals surface area contributed by atoms with E-state index in [2.05, 4.69) is 32.2 Å². The van der Waals surface area contributed by atoms with Crippen molar-refractivity contribution in [2.24, 2.45) is 0 Å². The van der Waals surface area contributed by atoms with Crippen LogP contribution in [0, 0.1) is 0 Å². The van der Waals surface area contributed by atoms with E-state index in [1.165, 1.54) is 16.6 Å². The van der Waals surface area contributed by atoms with E-state index >= 15 is 0 Å². The smallest absolute Gasteiger partial charge is 0.279 e. The highest BCUT2D eigenvalue weighted by molar-refractivity contribution is 7.89. The van der Waals surface area contributed by atoms with Gasteiger partial charge in [0.15, 0.2) is 5.52 Å². The van der Waals surface area contributed by atoms with Gasteiger partial charge in [-0.15, -0.1) is 0 Å². The summed E-state index contributed by atoms with van der Waals surface area (Å²) in [6.07, 6.45) is 1.94. The SMILES string of the molecule is CCOc1ncc(S(=O)(=O)N2CCN(CC)CC2)cc1-c1nc2c(CC)n(CCNC)nc2c(=O)[nH]1. The van der Waals surface area contributed by atoms with E-state index in [0.29, 0.717) is 63.4 Å². The summed E-state index contributed by atoms with van der Waals surface area (Å²) in [5.74, 6) is 0.398. The second-order valence-corrected chi connectivity index (χ2v) is 10.5. The van der Waals surface area contributed by atoms with Crippen LogP contribution >= 0.6 is 0 Å². The summed E-state index contributed by atoms with van der Waals surface area (Å²) in [6.45, 7) is 10.5. The van der Waals surface area contributed by atoms with E-state index in [-0.39, 0.29) is 22.1 Å². The number of aryl methyl sites for hydroxylation is 1. The molecule has 0 aromatic carbocycles. The minimum atomic E-state index is -3.78. The third-order valence-electron chi connectivity index (χ3n) is 6.39. The summed E-state index contributed by atoms with van der Waals surface area (Å²) in [5.41, 5.74) is 1.47. The zero-order valence-corrected chi connectivity index (χ0v) is 22.1. The number of ether oxygens (including phenoxy) is 1. The van der Waals surface area contributed by atoms with Crippen LogP contribution in [0.5, 0.6) is 5.88 Å².